The van der Waals surface area contributed by atoms with Gasteiger partial charge in [0, 0.05) is 13.6 Å². The summed E-state index contributed by atoms with van der Waals surface area (Å²) in [6, 6.07) is 5.48. The Balaban J connectivity index is 2.85. The average molecular weight is 230 g/mol. The Morgan fingerprint density at radius 2 is 2.13 bits per heavy atom. The zero-order chi connectivity index (χ0) is 11.4. The molecule has 0 spiro atoms. The van der Waals surface area contributed by atoms with Crippen molar-refractivity contribution < 1.29 is 9.94 Å². The summed E-state index contributed by atoms with van der Waals surface area (Å²) < 4.78 is 5.54. The first-order valence-corrected chi connectivity index (χ1v) is 5.22. The molecular weight excluding hydrogens is 214 g/mol. The van der Waals surface area contributed by atoms with Gasteiger partial charge in [0.1, 0.15) is 5.75 Å². The highest BCUT2D eigenvalue weighted by molar-refractivity contribution is 6.32. The van der Waals surface area contributed by atoms with Gasteiger partial charge < -0.3 is 9.94 Å². The topological polar surface area (TPSA) is 32.7 Å². The molecular formula is C11H16ClNO2. The van der Waals surface area contributed by atoms with Crippen LogP contribution >= 0.6 is 11.6 Å². The SMILES string of the molecule is CC(C)Oc1cc(CN(C)O)ccc1Cl. The molecule has 0 aromatic heterocycles. The lowest BCUT2D eigenvalue weighted by molar-refractivity contribution is -0.0731. The van der Waals surface area contributed by atoms with Crippen LogP contribution in [0.25, 0.3) is 0 Å². The molecule has 0 aliphatic rings. The van der Waals surface area contributed by atoms with Crippen molar-refractivity contribution in [2.75, 3.05) is 7.05 Å². The minimum Gasteiger partial charge on any atom is -0.489 e. The largest absolute Gasteiger partial charge is 0.489 e. The first-order chi connectivity index (χ1) is 6.99. The maximum Gasteiger partial charge on any atom is 0.138 e. The van der Waals surface area contributed by atoms with Gasteiger partial charge >= 0.3 is 0 Å². The number of nitrogens with zero attached hydrogens (tertiary/aromatic N) is 1. The van der Waals surface area contributed by atoms with Crippen LogP contribution in [0.3, 0.4) is 0 Å². The molecule has 1 rings (SSSR count). The van der Waals surface area contributed by atoms with E-state index in [1.54, 1.807) is 13.1 Å². The van der Waals surface area contributed by atoms with Gasteiger partial charge in [-0.05, 0) is 31.5 Å². The van der Waals surface area contributed by atoms with E-state index in [1.807, 2.05) is 26.0 Å². The van der Waals surface area contributed by atoms with Gasteiger partial charge in [0.2, 0.25) is 0 Å². The lowest BCUT2D eigenvalue weighted by Gasteiger charge is -2.14. The Kier molecular flexibility index (Phi) is 4.39. The minimum atomic E-state index is 0.0876. The quantitative estimate of drug-likeness (QED) is 0.806. The lowest BCUT2D eigenvalue weighted by atomic mass is 10.2. The van der Waals surface area contributed by atoms with Crippen LogP contribution < -0.4 is 4.74 Å². The summed E-state index contributed by atoms with van der Waals surface area (Å²) in [6.45, 7) is 4.34. The van der Waals surface area contributed by atoms with Crippen LogP contribution in [0, 0.1) is 0 Å². The average Bonchev–Trinajstić information content (AvgIpc) is 2.09. The van der Waals surface area contributed by atoms with Gasteiger partial charge in [-0.15, -0.1) is 0 Å². The molecule has 4 heteroatoms. The van der Waals surface area contributed by atoms with Crippen LogP contribution in [0.4, 0.5) is 0 Å². The van der Waals surface area contributed by atoms with E-state index in [-0.39, 0.29) is 6.10 Å². The fourth-order valence-corrected chi connectivity index (χ4v) is 1.42. The summed E-state index contributed by atoms with van der Waals surface area (Å²) in [5.74, 6) is 0.658. The Morgan fingerprint density at radius 1 is 1.47 bits per heavy atom. The standard InChI is InChI=1S/C11H16ClNO2/c1-8(2)15-11-6-9(7-13(3)14)4-5-10(11)12/h4-6,8,14H,7H2,1-3H3. The second-order valence-corrected chi connectivity index (χ2v) is 4.15. The van der Waals surface area contributed by atoms with E-state index >= 15 is 0 Å². The predicted octanol–water partition coefficient (Wildman–Crippen LogP) is 2.95. The summed E-state index contributed by atoms with van der Waals surface area (Å²) in [4.78, 5) is 0. The normalized spacial score (nSPS) is 11.1. The number of hydrogen-bond donors (Lipinski definition) is 1. The molecule has 0 saturated carbocycles. The molecule has 0 saturated heterocycles. The van der Waals surface area contributed by atoms with Crippen molar-refractivity contribution in [3.05, 3.63) is 28.8 Å². The molecule has 0 fully saturated rings. The van der Waals surface area contributed by atoms with E-state index in [4.69, 9.17) is 21.5 Å². The van der Waals surface area contributed by atoms with E-state index in [1.165, 1.54) is 0 Å². The van der Waals surface area contributed by atoms with Crippen molar-refractivity contribution >= 4 is 11.6 Å². The van der Waals surface area contributed by atoms with Crippen molar-refractivity contribution in [2.24, 2.45) is 0 Å². The Labute approximate surface area is 95.2 Å². The van der Waals surface area contributed by atoms with Crippen molar-refractivity contribution in [3.63, 3.8) is 0 Å². The lowest BCUT2D eigenvalue weighted by Crippen LogP contribution is -2.12. The number of hydrogen-bond acceptors (Lipinski definition) is 3. The molecule has 1 N–H and O–H groups in total. The molecule has 84 valence electrons. The van der Waals surface area contributed by atoms with Crippen LogP contribution in [0.1, 0.15) is 19.4 Å². The summed E-state index contributed by atoms with van der Waals surface area (Å²) in [6.07, 6.45) is 0.0876. The van der Waals surface area contributed by atoms with Gasteiger partial charge in [0.05, 0.1) is 11.1 Å². The molecule has 1 aromatic rings. The highest BCUT2D eigenvalue weighted by Gasteiger charge is 2.06. The van der Waals surface area contributed by atoms with Crippen LogP contribution in [0.15, 0.2) is 18.2 Å². The van der Waals surface area contributed by atoms with Gasteiger partial charge in [-0.25, -0.2) is 0 Å². The smallest absolute Gasteiger partial charge is 0.138 e. The summed E-state index contributed by atoms with van der Waals surface area (Å²) in [5.41, 5.74) is 0.958. The van der Waals surface area contributed by atoms with Crippen LogP contribution in [-0.2, 0) is 6.54 Å². The fraction of sp³-hybridized carbons (Fsp3) is 0.455. The second kappa shape index (κ2) is 5.35. The Hall–Kier alpha value is -0.770. The van der Waals surface area contributed by atoms with Crippen molar-refractivity contribution in [1.29, 1.82) is 0 Å². The highest BCUT2D eigenvalue weighted by Crippen LogP contribution is 2.26. The molecule has 0 unspecified atom stereocenters. The zero-order valence-corrected chi connectivity index (χ0v) is 9.95. The van der Waals surface area contributed by atoms with Gasteiger partial charge in [-0.3, -0.25) is 0 Å². The number of ether oxygens (including phenoxy) is 1. The van der Waals surface area contributed by atoms with Crippen LogP contribution in [-0.4, -0.2) is 23.4 Å². The monoisotopic (exact) mass is 229 g/mol. The van der Waals surface area contributed by atoms with Gasteiger partial charge in [-0.2, -0.15) is 5.06 Å². The fourth-order valence-electron chi connectivity index (χ4n) is 1.25. The molecule has 0 atom stereocenters. The summed E-state index contributed by atoms with van der Waals surface area (Å²) in [5, 5.41) is 10.8. The maximum absolute atomic E-state index is 9.11. The van der Waals surface area contributed by atoms with E-state index in [2.05, 4.69) is 0 Å². The summed E-state index contributed by atoms with van der Waals surface area (Å²) in [7, 11) is 1.59. The molecule has 0 aliphatic heterocycles. The first-order valence-electron chi connectivity index (χ1n) is 4.84. The molecule has 1 aromatic carbocycles. The van der Waals surface area contributed by atoms with Gasteiger partial charge in [0.25, 0.3) is 0 Å². The predicted molar refractivity (Wildman–Crippen MR) is 60.5 cm³/mol. The second-order valence-electron chi connectivity index (χ2n) is 3.75. The number of hydroxylamine groups is 2. The van der Waals surface area contributed by atoms with Crippen molar-refractivity contribution in [1.82, 2.24) is 5.06 Å². The number of rotatable bonds is 4. The van der Waals surface area contributed by atoms with E-state index in [0.717, 1.165) is 10.6 Å². The van der Waals surface area contributed by atoms with Crippen molar-refractivity contribution in [3.8, 4) is 5.75 Å². The molecule has 0 bridgehead atoms. The highest BCUT2D eigenvalue weighted by atomic mass is 35.5. The van der Waals surface area contributed by atoms with E-state index < -0.39 is 0 Å². The zero-order valence-electron chi connectivity index (χ0n) is 9.20. The molecule has 0 radical (unpaired) electrons. The number of benzene rings is 1. The third kappa shape index (κ3) is 4.08. The molecule has 0 amide bonds. The maximum atomic E-state index is 9.11. The van der Waals surface area contributed by atoms with E-state index in [0.29, 0.717) is 17.3 Å². The van der Waals surface area contributed by atoms with Gasteiger partial charge in [-0.1, -0.05) is 17.7 Å². The minimum absolute atomic E-state index is 0.0876. The molecule has 3 nitrogen and oxygen atoms in total. The molecule has 0 heterocycles. The van der Waals surface area contributed by atoms with Crippen molar-refractivity contribution in [2.45, 2.75) is 26.5 Å². The molecule has 15 heavy (non-hydrogen) atoms. The van der Waals surface area contributed by atoms with E-state index in [9.17, 15) is 0 Å². The third-order valence-corrected chi connectivity index (χ3v) is 2.08. The van der Waals surface area contributed by atoms with Crippen LogP contribution in [0.5, 0.6) is 5.75 Å². The van der Waals surface area contributed by atoms with Crippen LogP contribution in [0.2, 0.25) is 5.02 Å². The summed E-state index contributed by atoms with van der Waals surface area (Å²) >= 11 is 5.98. The first kappa shape index (κ1) is 12.3. The molecule has 0 aliphatic carbocycles. The Bertz CT molecular complexity index is 326. The third-order valence-electron chi connectivity index (χ3n) is 1.77. The number of halogens is 1. The van der Waals surface area contributed by atoms with Gasteiger partial charge in [0.15, 0.2) is 0 Å². The Morgan fingerprint density at radius 3 is 2.67 bits per heavy atom.